The summed E-state index contributed by atoms with van der Waals surface area (Å²) in [6.45, 7) is 4.49. The number of tetrazole rings is 1. The molecule has 2 aromatic rings. The Balaban J connectivity index is 1.44. The van der Waals surface area contributed by atoms with Crippen molar-refractivity contribution >= 4 is 11.7 Å². The maximum Gasteiger partial charge on any atom is 0.407 e. The predicted octanol–water partition coefficient (Wildman–Crippen LogP) is 3.91. The monoisotopic (exact) mass is 379 g/mol. The van der Waals surface area contributed by atoms with Crippen molar-refractivity contribution in [1.82, 2.24) is 25.9 Å². The minimum Gasteiger partial charge on any atom is -0.449 e. The summed E-state index contributed by atoms with van der Waals surface area (Å²) in [6.07, 6.45) is 6.76. The third-order valence-corrected chi connectivity index (χ3v) is 5.32. The quantitative estimate of drug-likeness (QED) is 0.794. The molecule has 0 saturated carbocycles. The molecule has 0 bridgehead atoms. The van der Waals surface area contributed by atoms with Gasteiger partial charge in [0.05, 0.1) is 6.04 Å². The van der Waals surface area contributed by atoms with Crippen LogP contribution in [0.3, 0.4) is 0 Å². The first-order valence-corrected chi connectivity index (χ1v) is 9.79. The van der Waals surface area contributed by atoms with Crippen molar-refractivity contribution in [3.05, 3.63) is 58.9 Å². The lowest BCUT2D eigenvalue weighted by atomic mass is 9.93. The minimum absolute atomic E-state index is 0.0870. The summed E-state index contributed by atoms with van der Waals surface area (Å²) in [4.78, 5) is 12.5. The third kappa shape index (κ3) is 3.69. The molecule has 1 amide bonds. The summed E-state index contributed by atoms with van der Waals surface area (Å²) in [7, 11) is 0. The summed E-state index contributed by atoms with van der Waals surface area (Å²) in [5.41, 5.74) is 5.20. The van der Waals surface area contributed by atoms with Gasteiger partial charge in [-0.15, -0.1) is 5.10 Å². The van der Waals surface area contributed by atoms with Crippen LogP contribution in [0.4, 0.5) is 4.79 Å². The maximum absolute atomic E-state index is 12.5. The van der Waals surface area contributed by atoms with Crippen LogP contribution in [0.15, 0.2) is 42.0 Å². The van der Waals surface area contributed by atoms with Gasteiger partial charge in [-0.1, -0.05) is 50.3 Å². The second-order valence-electron chi connectivity index (χ2n) is 7.73. The number of allylic oxidation sites excluding steroid dienone is 3. The van der Waals surface area contributed by atoms with E-state index in [1.165, 1.54) is 22.3 Å². The van der Waals surface area contributed by atoms with Crippen LogP contribution in [0.5, 0.6) is 0 Å². The molecule has 0 radical (unpaired) electrons. The number of ether oxygens (including phenoxy) is 1. The number of carbonyl (C=O) groups is 1. The zero-order valence-corrected chi connectivity index (χ0v) is 16.2. The Morgan fingerprint density at radius 3 is 3.00 bits per heavy atom. The highest BCUT2D eigenvalue weighted by Gasteiger charge is 2.31. The average molecular weight is 379 g/mol. The van der Waals surface area contributed by atoms with E-state index in [0.717, 1.165) is 19.3 Å². The fourth-order valence-electron chi connectivity index (χ4n) is 4.09. The zero-order valence-electron chi connectivity index (χ0n) is 16.2. The Bertz CT molecular complexity index is 901. The van der Waals surface area contributed by atoms with Gasteiger partial charge in [-0.05, 0) is 57.9 Å². The standard InChI is InChI=1S/C21H25N5O2/c1-13(2)11-19(20-23-25-26-24-20)22-21(27)28-12-18-16-9-5-3-7-14(16)15-8-4-6-10-17(15)18/h3,5-7,9-10,13,18-19H,4,8,11-12H2,1-2H3,(H,22,27)(H,23,24,25,26)/t18?,19-/m0/s1. The Morgan fingerprint density at radius 2 is 2.21 bits per heavy atom. The minimum atomic E-state index is -0.451. The van der Waals surface area contributed by atoms with Crippen molar-refractivity contribution in [2.24, 2.45) is 5.92 Å². The second-order valence-corrected chi connectivity index (χ2v) is 7.73. The SMILES string of the molecule is CC(C)C[C@H](NC(=O)OCC1C2=C(CCC=C2)c2ccccc21)c1nnn[nH]1. The molecule has 0 fully saturated rings. The van der Waals surface area contributed by atoms with Gasteiger partial charge in [0.25, 0.3) is 0 Å². The van der Waals surface area contributed by atoms with Gasteiger partial charge in [-0.3, -0.25) is 0 Å². The number of benzene rings is 1. The van der Waals surface area contributed by atoms with Crippen molar-refractivity contribution in [3.63, 3.8) is 0 Å². The van der Waals surface area contributed by atoms with Crippen LogP contribution in [0.2, 0.25) is 0 Å². The van der Waals surface area contributed by atoms with Gasteiger partial charge in [0.15, 0.2) is 5.82 Å². The first-order chi connectivity index (χ1) is 13.6. The van der Waals surface area contributed by atoms with E-state index in [2.05, 4.69) is 70.1 Å². The smallest absolute Gasteiger partial charge is 0.407 e. The van der Waals surface area contributed by atoms with E-state index in [1.807, 2.05) is 6.07 Å². The summed E-state index contributed by atoms with van der Waals surface area (Å²) in [5, 5.41) is 16.8. The molecule has 2 N–H and O–H groups in total. The molecule has 2 atom stereocenters. The average Bonchev–Trinajstić information content (AvgIpc) is 3.32. The lowest BCUT2D eigenvalue weighted by molar-refractivity contribution is 0.137. The molecule has 1 aromatic heterocycles. The van der Waals surface area contributed by atoms with Crippen LogP contribution in [-0.2, 0) is 4.74 Å². The van der Waals surface area contributed by atoms with E-state index in [4.69, 9.17) is 4.74 Å². The number of nitrogens with one attached hydrogen (secondary N) is 2. The van der Waals surface area contributed by atoms with Crippen LogP contribution < -0.4 is 5.32 Å². The van der Waals surface area contributed by atoms with Crippen LogP contribution in [0.25, 0.3) is 5.57 Å². The first kappa shape index (κ1) is 18.4. The van der Waals surface area contributed by atoms with Gasteiger partial charge in [0.1, 0.15) is 6.61 Å². The van der Waals surface area contributed by atoms with E-state index in [1.54, 1.807) is 0 Å². The number of rotatable bonds is 6. The Morgan fingerprint density at radius 1 is 1.36 bits per heavy atom. The number of carbonyl (C=O) groups excluding carboxylic acids is 1. The van der Waals surface area contributed by atoms with Gasteiger partial charge in [-0.2, -0.15) is 0 Å². The highest BCUT2D eigenvalue weighted by molar-refractivity contribution is 5.81. The Labute approximate surface area is 164 Å². The number of fused-ring (bicyclic) bond motifs is 2. The topological polar surface area (TPSA) is 92.8 Å². The number of hydrogen-bond acceptors (Lipinski definition) is 5. The van der Waals surface area contributed by atoms with Crippen molar-refractivity contribution < 1.29 is 9.53 Å². The molecule has 28 heavy (non-hydrogen) atoms. The van der Waals surface area contributed by atoms with Crippen molar-refractivity contribution in [2.75, 3.05) is 6.61 Å². The largest absolute Gasteiger partial charge is 0.449 e. The van der Waals surface area contributed by atoms with E-state index < -0.39 is 6.09 Å². The maximum atomic E-state index is 12.5. The van der Waals surface area contributed by atoms with E-state index in [-0.39, 0.29) is 12.0 Å². The highest BCUT2D eigenvalue weighted by Crippen LogP contribution is 2.46. The molecule has 0 saturated heterocycles. The lowest BCUT2D eigenvalue weighted by Crippen LogP contribution is -2.32. The van der Waals surface area contributed by atoms with Crippen molar-refractivity contribution in [3.8, 4) is 0 Å². The molecule has 1 aromatic carbocycles. The molecular weight excluding hydrogens is 354 g/mol. The zero-order chi connectivity index (χ0) is 19.5. The lowest BCUT2D eigenvalue weighted by Gasteiger charge is -2.20. The molecule has 1 unspecified atom stereocenters. The second kappa shape index (κ2) is 7.96. The first-order valence-electron chi connectivity index (χ1n) is 9.79. The van der Waals surface area contributed by atoms with Gasteiger partial charge < -0.3 is 10.1 Å². The highest BCUT2D eigenvalue weighted by atomic mass is 16.5. The van der Waals surface area contributed by atoms with Crippen LogP contribution in [0.1, 0.15) is 62.0 Å². The summed E-state index contributed by atoms with van der Waals surface area (Å²) in [6, 6.07) is 8.11. The van der Waals surface area contributed by atoms with E-state index >= 15 is 0 Å². The number of amides is 1. The summed E-state index contributed by atoms with van der Waals surface area (Å²) >= 11 is 0. The molecule has 2 aliphatic carbocycles. The van der Waals surface area contributed by atoms with Gasteiger partial charge in [0.2, 0.25) is 0 Å². The fraction of sp³-hybridized carbons (Fsp3) is 0.429. The molecule has 7 nitrogen and oxygen atoms in total. The molecule has 1 heterocycles. The van der Waals surface area contributed by atoms with Crippen molar-refractivity contribution in [1.29, 1.82) is 0 Å². The predicted molar refractivity (Wildman–Crippen MR) is 105 cm³/mol. The number of aromatic nitrogens is 4. The van der Waals surface area contributed by atoms with Gasteiger partial charge in [-0.25, -0.2) is 9.89 Å². The van der Waals surface area contributed by atoms with Crippen LogP contribution in [0, 0.1) is 5.92 Å². The van der Waals surface area contributed by atoms with Crippen molar-refractivity contribution in [2.45, 2.75) is 45.1 Å². The number of H-pyrrole nitrogens is 1. The molecular formula is C21H25N5O2. The summed E-state index contributed by atoms with van der Waals surface area (Å²) in [5.74, 6) is 0.998. The molecule has 7 heteroatoms. The summed E-state index contributed by atoms with van der Waals surface area (Å²) < 4.78 is 5.64. The van der Waals surface area contributed by atoms with E-state index in [9.17, 15) is 4.79 Å². The van der Waals surface area contributed by atoms with Crippen LogP contribution >= 0.6 is 0 Å². The van der Waals surface area contributed by atoms with E-state index in [0.29, 0.717) is 18.3 Å². The van der Waals surface area contributed by atoms with Crippen LogP contribution in [-0.4, -0.2) is 33.3 Å². The van der Waals surface area contributed by atoms with Gasteiger partial charge in [0, 0.05) is 5.92 Å². The third-order valence-electron chi connectivity index (χ3n) is 5.32. The van der Waals surface area contributed by atoms with Gasteiger partial charge >= 0.3 is 6.09 Å². The molecule has 0 spiro atoms. The molecule has 0 aliphatic heterocycles. The normalized spacial score (nSPS) is 18.8. The molecule has 4 rings (SSSR count). The number of alkyl carbamates (subject to hydrolysis) is 1. The molecule has 2 aliphatic rings. The number of aromatic amines is 1. The fourth-order valence-corrected chi connectivity index (χ4v) is 4.09. The number of hydrogen-bond donors (Lipinski definition) is 2. The Hall–Kier alpha value is -2.96. The number of nitrogens with zero attached hydrogens (tertiary/aromatic N) is 3. The Kier molecular flexibility index (Phi) is 5.23. The molecule has 146 valence electrons.